The van der Waals surface area contributed by atoms with Crippen molar-refractivity contribution >= 4 is 17.5 Å². The number of benzene rings is 1. The van der Waals surface area contributed by atoms with E-state index in [9.17, 15) is 9.90 Å². The maximum Gasteiger partial charge on any atom is 0.231 e. The zero-order valence-corrected chi connectivity index (χ0v) is 13.0. The third kappa shape index (κ3) is 3.57. The zero-order valence-electron chi connectivity index (χ0n) is 12.3. The van der Waals surface area contributed by atoms with Crippen LogP contribution < -0.4 is 5.32 Å². The van der Waals surface area contributed by atoms with E-state index < -0.39 is 5.41 Å². The fourth-order valence-electron chi connectivity index (χ4n) is 2.74. The molecule has 21 heavy (non-hydrogen) atoms. The highest BCUT2D eigenvalue weighted by Crippen LogP contribution is 2.35. The van der Waals surface area contributed by atoms with Crippen molar-refractivity contribution in [1.29, 1.82) is 0 Å². The van der Waals surface area contributed by atoms with Gasteiger partial charge in [-0.05, 0) is 37.0 Å². The van der Waals surface area contributed by atoms with Crippen molar-refractivity contribution in [2.24, 2.45) is 0 Å². The smallest absolute Gasteiger partial charge is 0.231 e. The van der Waals surface area contributed by atoms with Gasteiger partial charge >= 0.3 is 0 Å². The Bertz CT molecular complexity index is 465. The quantitative estimate of drug-likeness (QED) is 0.877. The molecule has 4 nitrogen and oxygen atoms in total. The van der Waals surface area contributed by atoms with Crippen LogP contribution in [0.3, 0.4) is 0 Å². The van der Waals surface area contributed by atoms with Gasteiger partial charge in [-0.3, -0.25) is 4.79 Å². The molecule has 2 N–H and O–H groups in total. The van der Waals surface area contributed by atoms with E-state index in [2.05, 4.69) is 5.32 Å². The van der Waals surface area contributed by atoms with Crippen LogP contribution >= 0.6 is 11.6 Å². The molecular formula is C16H22ClNO3. The third-order valence-electron chi connectivity index (χ3n) is 4.23. The summed E-state index contributed by atoms with van der Waals surface area (Å²) in [4.78, 5) is 12.8. The van der Waals surface area contributed by atoms with E-state index in [0.29, 0.717) is 37.5 Å². The largest absolute Gasteiger partial charge is 0.394 e. The Hall–Kier alpha value is -1.10. The second-order valence-corrected chi connectivity index (χ2v) is 5.90. The molecule has 1 aromatic carbocycles. The molecule has 0 bridgehead atoms. The van der Waals surface area contributed by atoms with Gasteiger partial charge in [0.1, 0.15) is 0 Å². The summed E-state index contributed by atoms with van der Waals surface area (Å²) in [5.74, 6) is -0.0333. The number of rotatable bonds is 5. The first kappa shape index (κ1) is 16.3. The summed E-state index contributed by atoms with van der Waals surface area (Å²) in [6.07, 6.45) is 1.99. The van der Waals surface area contributed by atoms with Crippen molar-refractivity contribution in [3.63, 3.8) is 0 Å². The molecule has 0 aromatic heterocycles. The molecule has 1 aliphatic heterocycles. The number of ether oxygens (including phenoxy) is 1. The monoisotopic (exact) mass is 311 g/mol. The molecule has 1 aromatic rings. The molecule has 0 saturated carbocycles. The van der Waals surface area contributed by atoms with Crippen molar-refractivity contribution in [3.8, 4) is 0 Å². The molecule has 0 radical (unpaired) electrons. The van der Waals surface area contributed by atoms with Crippen LogP contribution in [0.4, 0.5) is 0 Å². The van der Waals surface area contributed by atoms with Gasteiger partial charge in [-0.2, -0.15) is 0 Å². The van der Waals surface area contributed by atoms with Crippen LogP contribution in [0.5, 0.6) is 0 Å². The SMILES string of the molecule is CCC(CO)NC(=O)C1(c2ccc(Cl)cc2)CCOCC1. The number of hydrogen-bond acceptors (Lipinski definition) is 3. The predicted molar refractivity (Wildman–Crippen MR) is 82.5 cm³/mol. The Labute approximate surface area is 130 Å². The topological polar surface area (TPSA) is 58.6 Å². The van der Waals surface area contributed by atoms with Gasteiger partial charge < -0.3 is 15.2 Å². The first-order chi connectivity index (χ1) is 10.1. The first-order valence-electron chi connectivity index (χ1n) is 7.38. The van der Waals surface area contributed by atoms with Gasteiger partial charge in [0, 0.05) is 18.2 Å². The van der Waals surface area contributed by atoms with E-state index in [-0.39, 0.29) is 18.6 Å². The summed E-state index contributed by atoms with van der Waals surface area (Å²) in [6.45, 7) is 3.02. The highest BCUT2D eigenvalue weighted by atomic mass is 35.5. The Morgan fingerprint density at radius 1 is 1.38 bits per heavy atom. The normalized spacial score (nSPS) is 19.0. The Kier molecular flexibility index (Phi) is 5.62. The minimum absolute atomic E-state index is 0.0333. The number of carbonyl (C=O) groups excluding carboxylic acids is 1. The maximum absolute atomic E-state index is 12.8. The van der Waals surface area contributed by atoms with Gasteiger partial charge in [-0.25, -0.2) is 0 Å². The van der Waals surface area contributed by atoms with Crippen molar-refractivity contribution < 1.29 is 14.6 Å². The van der Waals surface area contributed by atoms with Crippen LogP contribution in [0.1, 0.15) is 31.7 Å². The fraction of sp³-hybridized carbons (Fsp3) is 0.562. The molecule has 1 fully saturated rings. The number of aliphatic hydroxyl groups excluding tert-OH is 1. The minimum atomic E-state index is -0.592. The zero-order chi connectivity index (χ0) is 15.3. The standard InChI is InChI=1S/C16H22ClNO3/c1-2-14(11-19)18-15(20)16(7-9-21-10-8-16)12-3-5-13(17)6-4-12/h3-6,14,19H,2,7-11H2,1H3,(H,18,20). The van der Waals surface area contributed by atoms with Gasteiger partial charge in [-0.15, -0.1) is 0 Å². The van der Waals surface area contributed by atoms with Crippen LogP contribution in [0.15, 0.2) is 24.3 Å². The lowest BCUT2D eigenvalue weighted by Crippen LogP contribution is -2.51. The third-order valence-corrected chi connectivity index (χ3v) is 4.48. The molecule has 5 heteroatoms. The van der Waals surface area contributed by atoms with Crippen molar-refractivity contribution in [2.75, 3.05) is 19.8 Å². The van der Waals surface area contributed by atoms with E-state index >= 15 is 0 Å². The van der Waals surface area contributed by atoms with E-state index in [1.807, 2.05) is 31.2 Å². The molecule has 1 atom stereocenters. The molecule has 1 unspecified atom stereocenters. The summed E-state index contributed by atoms with van der Waals surface area (Å²) in [6, 6.07) is 7.24. The molecule has 1 amide bonds. The van der Waals surface area contributed by atoms with Crippen molar-refractivity contribution in [1.82, 2.24) is 5.32 Å². The number of hydrogen-bond donors (Lipinski definition) is 2. The molecule has 1 heterocycles. The molecular weight excluding hydrogens is 290 g/mol. The number of nitrogens with one attached hydrogen (secondary N) is 1. The van der Waals surface area contributed by atoms with Crippen LogP contribution in [0.2, 0.25) is 5.02 Å². The van der Waals surface area contributed by atoms with Crippen LogP contribution in [-0.2, 0) is 14.9 Å². The number of halogens is 1. The summed E-state index contributed by atoms with van der Waals surface area (Å²) in [5, 5.41) is 12.9. The summed E-state index contributed by atoms with van der Waals surface area (Å²) >= 11 is 5.95. The predicted octanol–water partition coefficient (Wildman–Crippen LogP) is 2.28. The Morgan fingerprint density at radius 3 is 2.52 bits per heavy atom. The molecule has 2 rings (SSSR count). The average molecular weight is 312 g/mol. The molecule has 1 aliphatic rings. The van der Waals surface area contributed by atoms with Gasteiger partial charge in [0.15, 0.2) is 0 Å². The first-order valence-corrected chi connectivity index (χ1v) is 7.76. The Morgan fingerprint density at radius 2 is 2.00 bits per heavy atom. The lowest BCUT2D eigenvalue weighted by molar-refractivity contribution is -0.131. The summed E-state index contributed by atoms with van der Waals surface area (Å²) in [7, 11) is 0. The lowest BCUT2D eigenvalue weighted by atomic mass is 9.73. The number of amides is 1. The fourth-order valence-corrected chi connectivity index (χ4v) is 2.86. The highest BCUT2D eigenvalue weighted by Gasteiger charge is 2.42. The minimum Gasteiger partial charge on any atom is -0.394 e. The summed E-state index contributed by atoms with van der Waals surface area (Å²) in [5.41, 5.74) is 0.367. The molecule has 0 spiro atoms. The maximum atomic E-state index is 12.8. The van der Waals surface area contributed by atoms with E-state index in [4.69, 9.17) is 16.3 Å². The Balaban J connectivity index is 2.28. The average Bonchev–Trinajstić information content (AvgIpc) is 2.53. The molecule has 116 valence electrons. The molecule has 0 aliphatic carbocycles. The van der Waals surface area contributed by atoms with E-state index in [1.165, 1.54) is 0 Å². The second-order valence-electron chi connectivity index (χ2n) is 5.46. The highest BCUT2D eigenvalue weighted by molar-refractivity contribution is 6.30. The van der Waals surface area contributed by atoms with Crippen LogP contribution in [0.25, 0.3) is 0 Å². The van der Waals surface area contributed by atoms with Crippen LogP contribution in [-0.4, -0.2) is 36.9 Å². The van der Waals surface area contributed by atoms with Crippen LogP contribution in [0, 0.1) is 0 Å². The van der Waals surface area contributed by atoms with Gasteiger partial charge in [-0.1, -0.05) is 30.7 Å². The van der Waals surface area contributed by atoms with E-state index in [1.54, 1.807) is 0 Å². The summed E-state index contributed by atoms with van der Waals surface area (Å²) < 4.78 is 5.42. The van der Waals surface area contributed by atoms with Crippen molar-refractivity contribution in [3.05, 3.63) is 34.9 Å². The lowest BCUT2D eigenvalue weighted by Gasteiger charge is -2.37. The van der Waals surface area contributed by atoms with Gasteiger partial charge in [0.2, 0.25) is 5.91 Å². The second kappa shape index (κ2) is 7.25. The van der Waals surface area contributed by atoms with Gasteiger partial charge in [0.05, 0.1) is 18.1 Å². The van der Waals surface area contributed by atoms with Crippen molar-refractivity contribution in [2.45, 2.75) is 37.6 Å². The number of carbonyl (C=O) groups is 1. The molecule has 1 saturated heterocycles. The van der Waals surface area contributed by atoms with Gasteiger partial charge in [0.25, 0.3) is 0 Å². The van der Waals surface area contributed by atoms with E-state index in [0.717, 1.165) is 5.56 Å². The number of aliphatic hydroxyl groups is 1.